The van der Waals surface area contributed by atoms with E-state index in [2.05, 4.69) is 39.7 Å². The molecule has 0 saturated heterocycles. The molecule has 0 unspecified atom stereocenters. The molecule has 1 saturated carbocycles. The van der Waals surface area contributed by atoms with Crippen molar-refractivity contribution in [1.82, 2.24) is 19.7 Å². The van der Waals surface area contributed by atoms with Crippen LogP contribution in [0.15, 0.2) is 23.1 Å². The SMILES string of the molecule is CCOC(=O)c1onc2c1CN(c1ncnc3c1ccn3COCC[Si](C)(C)C)CC21CC1. The van der Waals surface area contributed by atoms with E-state index in [0.717, 1.165) is 60.1 Å². The molecule has 0 amide bonds. The van der Waals surface area contributed by atoms with Gasteiger partial charge in [0.15, 0.2) is 0 Å². The topological polar surface area (TPSA) is 95.5 Å². The first-order valence-electron chi connectivity index (χ1n) is 11.6. The molecule has 3 aromatic rings. The van der Waals surface area contributed by atoms with Crippen LogP contribution in [0.5, 0.6) is 0 Å². The molecule has 33 heavy (non-hydrogen) atoms. The van der Waals surface area contributed by atoms with Crippen molar-refractivity contribution in [3.05, 3.63) is 35.6 Å². The van der Waals surface area contributed by atoms with Crippen molar-refractivity contribution in [3.63, 3.8) is 0 Å². The first-order valence-corrected chi connectivity index (χ1v) is 15.3. The molecule has 1 spiro atoms. The lowest BCUT2D eigenvalue weighted by Crippen LogP contribution is -2.39. The molecule has 0 N–H and O–H groups in total. The molecule has 2 aliphatic rings. The van der Waals surface area contributed by atoms with Crippen LogP contribution < -0.4 is 4.90 Å². The summed E-state index contributed by atoms with van der Waals surface area (Å²) in [6.45, 7) is 11.6. The highest BCUT2D eigenvalue weighted by molar-refractivity contribution is 6.76. The smallest absolute Gasteiger partial charge is 0.377 e. The Labute approximate surface area is 194 Å². The molecule has 1 aliphatic carbocycles. The quantitative estimate of drug-likeness (QED) is 0.278. The zero-order valence-corrected chi connectivity index (χ0v) is 20.8. The van der Waals surface area contributed by atoms with Crippen molar-refractivity contribution in [1.29, 1.82) is 0 Å². The van der Waals surface area contributed by atoms with Gasteiger partial charge in [-0.05, 0) is 31.9 Å². The monoisotopic (exact) mass is 469 g/mol. The normalized spacial score (nSPS) is 16.9. The molecule has 0 bridgehead atoms. The maximum absolute atomic E-state index is 12.4. The van der Waals surface area contributed by atoms with Gasteiger partial charge in [0.05, 0.1) is 29.8 Å². The number of ether oxygens (including phenoxy) is 2. The third-order valence-electron chi connectivity index (χ3n) is 6.51. The number of carbonyl (C=O) groups excluding carboxylic acids is 1. The Kier molecular flexibility index (Phi) is 5.52. The third-order valence-corrected chi connectivity index (χ3v) is 8.21. The highest BCUT2D eigenvalue weighted by atomic mass is 28.3. The molecule has 9 nitrogen and oxygen atoms in total. The van der Waals surface area contributed by atoms with E-state index in [1.54, 1.807) is 13.3 Å². The van der Waals surface area contributed by atoms with Gasteiger partial charge in [0, 0.05) is 32.8 Å². The molecular formula is C23H31N5O4Si. The molecule has 0 atom stereocenters. The number of hydrogen-bond donors (Lipinski definition) is 0. The summed E-state index contributed by atoms with van der Waals surface area (Å²) in [5.74, 6) is 0.605. The van der Waals surface area contributed by atoms with E-state index in [4.69, 9.17) is 14.0 Å². The maximum Gasteiger partial charge on any atom is 0.377 e. The van der Waals surface area contributed by atoms with Crippen LogP contribution >= 0.6 is 0 Å². The summed E-state index contributed by atoms with van der Waals surface area (Å²) in [4.78, 5) is 23.8. The van der Waals surface area contributed by atoms with Gasteiger partial charge in [0.1, 0.15) is 24.5 Å². The van der Waals surface area contributed by atoms with E-state index < -0.39 is 14.0 Å². The first kappa shape index (κ1) is 22.1. The van der Waals surface area contributed by atoms with Gasteiger partial charge in [0.25, 0.3) is 0 Å². The highest BCUT2D eigenvalue weighted by Crippen LogP contribution is 2.53. The number of esters is 1. The summed E-state index contributed by atoms with van der Waals surface area (Å²) in [7, 11) is -1.13. The van der Waals surface area contributed by atoms with Crippen LogP contribution in [0.4, 0.5) is 5.82 Å². The second-order valence-electron chi connectivity index (χ2n) is 10.3. The summed E-state index contributed by atoms with van der Waals surface area (Å²) >= 11 is 0. The fourth-order valence-electron chi connectivity index (χ4n) is 4.50. The molecule has 10 heteroatoms. The lowest BCUT2D eigenvalue weighted by atomic mass is 9.92. The van der Waals surface area contributed by atoms with Crippen LogP contribution in [0.2, 0.25) is 25.7 Å². The van der Waals surface area contributed by atoms with Crippen LogP contribution in [-0.2, 0) is 28.2 Å². The van der Waals surface area contributed by atoms with Crippen LogP contribution in [-0.4, -0.2) is 53.5 Å². The zero-order valence-electron chi connectivity index (χ0n) is 19.8. The fourth-order valence-corrected chi connectivity index (χ4v) is 5.26. The minimum Gasteiger partial charge on any atom is -0.460 e. The highest BCUT2D eigenvalue weighted by Gasteiger charge is 2.53. The van der Waals surface area contributed by atoms with E-state index >= 15 is 0 Å². The standard InChI is InChI=1S/C23H31N5O4Si/c1-5-31-22(29)18-17-12-28(13-23(7-8-23)19(17)26-32-18)21-16-6-9-27(20(16)24-14-25-21)15-30-10-11-33(2,3)4/h6,9,14H,5,7-8,10-13,15H2,1-4H3. The van der Waals surface area contributed by atoms with Crippen molar-refractivity contribution < 1.29 is 18.8 Å². The molecule has 0 radical (unpaired) electrons. The van der Waals surface area contributed by atoms with Gasteiger partial charge >= 0.3 is 5.97 Å². The Morgan fingerprint density at radius 1 is 1.27 bits per heavy atom. The van der Waals surface area contributed by atoms with E-state index in [1.807, 2.05) is 16.8 Å². The molecule has 1 fully saturated rings. The predicted molar refractivity (Wildman–Crippen MR) is 126 cm³/mol. The van der Waals surface area contributed by atoms with Crippen molar-refractivity contribution in [2.75, 3.05) is 24.7 Å². The maximum atomic E-state index is 12.4. The summed E-state index contributed by atoms with van der Waals surface area (Å²) in [5.41, 5.74) is 2.49. The Morgan fingerprint density at radius 3 is 2.82 bits per heavy atom. The summed E-state index contributed by atoms with van der Waals surface area (Å²) < 4.78 is 18.6. The number of nitrogens with zero attached hydrogens (tertiary/aromatic N) is 5. The summed E-state index contributed by atoms with van der Waals surface area (Å²) in [5, 5.41) is 5.25. The fraction of sp³-hybridized carbons (Fsp3) is 0.565. The van der Waals surface area contributed by atoms with E-state index in [1.165, 1.54) is 0 Å². The van der Waals surface area contributed by atoms with Crippen LogP contribution in [0.1, 0.15) is 41.6 Å². The van der Waals surface area contributed by atoms with Crippen molar-refractivity contribution in [2.24, 2.45) is 0 Å². The van der Waals surface area contributed by atoms with Gasteiger partial charge in [-0.1, -0.05) is 24.8 Å². The second kappa shape index (κ2) is 8.25. The van der Waals surface area contributed by atoms with Gasteiger partial charge < -0.3 is 23.5 Å². The molecule has 3 aromatic heterocycles. The molecular weight excluding hydrogens is 438 g/mol. The number of carbonyl (C=O) groups is 1. The molecule has 176 valence electrons. The number of rotatable bonds is 8. The Bertz CT molecular complexity index is 1180. The minimum absolute atomic E-state index is 0.0817. The molecule has 4 heterocycles. The Balaban J connectivity index is 1.41. The predicted octanol–water partition coefficient (Wildman–Crippen LogP) is 3.96. The molecule has 5 rings (SSSR count). The number of aromatic nitrogens is 4. The van der Waals surface area contributed by atoms with E-state index in [0.29, 0.717) is 19.9 Å². The second-order valence-corrected chi connectivity index (χ2v) is 15.9. The lowest BCUT2D eigenvalue weighted by molar-refractivity contribution is 0.0478. The van der Waals surface area contributed by atoms with Gasteiger partial charge in [-0.2, -0.15) is 0 Å². The van der Waals surface area contributed by atoms with Crippen LogP contribution in [0.3, 0.4) is 0 Å². The molecule has 0 aromatic carbocycles. The number of anilines is 1. The number of hydrogen-bond acceptors (Lipinski definition) is 8. The van der Waals surface area contributed by atoms with Crippen LogP contribution in [0.25, 0.3) is 11.0 Å². The van der Waals surface area contributed by atoms with Crippen molar-refractivity contribution >= 4 is 30.9 Å². The van der Waals surface area contributed by atoms with Gasteiger partial charge in [0.2, 0.25) is 5.76 Å². The minimum atomic E-state index is -1.13. The average Bonchev–Trinajstić information content (AvgIpc) is 3.20. The third kappa shape index (κ3) is 4.17. The Morgan fingerprint density at radius 2 is 2.09 bits per heavy atom. The number of fused-ring (bicyclic) bond motifs is 3. The van der Waals surface area contributed by atoms with Crippen LogP contribution in [0, 0.1) is 0 Å². The van der Waals surface area contributed by atoms with Crippen molar-refractivity contribution in [2.45, 2.75) is 64.1 Å². The summed E-state index contributed by atoms with van der Waals surface area (Å²) in [6.07, 6.45) is 5.64. The Hall–Kier alpha value is -2.72. The van der Waals surface area contributed by atoms with Gasteiger partial charge in [-0.15, -0.1) is 0 Å². The zero-order chi connectivity index (χ0) is 23.2. The van der Waals surface area contributed by atoms with E-state index in [9.17, 15) is 4.79 Å². The van der Waals surface area contributed by atoms with Gasteiger partial charge in [-0.3, -0.25) is 0 Å². The van der Waals surface area contributed by atoms with Gasteiger partial charge in [-0.25, -0.2) is 14.8 Å². The largest absolute Gasteiger partial charge is 0.460 e. The molecule has 1 aliphatic heterocycles. The first-order chi connectivity index (χ1) is 15.8. The summed E-state index contributed by atoms with van der Waals surface area (Å²) in [6, 6.07) is 3.17. The van der Waals surface area contributed by atoms with E-state index in [-0.39, 0.29) is 11.2 Å². The van der Waals surface area contributed by atoms with Crippen molar-refractivity contribution in [3.8, 4) is 0 Å². The lowest BCUT2D eigenvalue weighted by Gasteiger charge is -2.33. The average molecular weight is 470 g/mol.